The summed E-state index contributed by atoms with van der Waals surface area (Å²) in [6.45, 7) is 4.73. The average molecular weight is 419 g/mol. The van der Waals surface area contributed by atoms with Crippen molar-refractivity contribution in [3.05, 3.63) is 71.5 Å². The number of amides is 1. The van der Waals surface area contributed by atoms with Crippen LogP contribution in [0.4, 0.5) is 5.69 Å². The number of nitrogens with zero attached hydrogens (tertiary/aromatic N) is 5. The molecule has 0 saturated carbocycles. The zero-order valence-corrected chi connectivity index (χ0v) is 17.7. The van der Waals surface area contributed by atoms with Crippen LogP contribution >= 0.6 is 11.8 Å². The lowest BCUT2D eigenvalue weighted by Crippen LogP contribution is -2.14. The van der Waals surface area contributed by atoms with E-state index in [4.69, 9.17) is 0 Å². The number of thioether (sulfide) groups is 1. The Kier molecular flexibility index (Phi) is 6.04. The Hall–Kier alpha value is -3.26. The summed E-state index contributed by atoms with van der Waals surface area (Å²) in [5.41, 5.74) is 5.61. The topological polar surface area (TPSA) is 85.6 Å². The summed E-state index contributed by atoms with van der Waals surface area (Å²) in [7, 11) is 0. The molecule has 152 valence electrons. The van der Waals surface area contributed by atoms with Crippen LogP contribution in [0, 0.1) is 6.92 Å². The van der Waals surface area contributed by atoms with E-state index in [1.807, 2.05) is 24.3 Å². The molecular formula is C22H22N6OS. The molecule has 2 aromatic heterocycles. The minimum Gasteiger partial charge on any atom is -0.325 e. The summed E-state index contributed by atoms with van der Waals surface area (Å²) in [4.78, 5) is 21.0. The van der Waals surface area contributed by atoms with Crippen molar-refractivity contribution in [3.63, 3.8) is 0 Å². The van der Waals surface area contributed by atoms with Crippen LogP contribution in [-0.4, -0.2) is 36.6 Å². The number of benzene rings is 2. The Bertz CT molecular complexity index is 1150. The summed E-state index contributed by atoms with van der Waals surface area (Å²) in [6, 6.07) is 16.1. The molecule has 0 spiro atoms. The summed E-state index contributed by atoms with van der Waals surface area (Å²) in [5.74, 6) is 0.134. The van der Waals surface area contributed by atoms with Crippen molar-refractivity contribution in [1.82, 2.24) is 25.0 Å². The first-order valence-corrected chi connectivity index (χ1v) is 10.7. The van der Waals surface area contributed by atoms with E-state index in [0.717, 1.165) is 17.7 Å². The number of aryl methyl sites for hydroxylation is 2. The van der Waals surface area contributed by atoms with Crippen LogP contribution in [0.2, 0.25) is 0 Å². The fraction of sp³-hybridized carbons (Fsp3) is 0.227. The molecule has 2 heterocycles. The van der Waals surface area contributed by atoms with Crippen molar-refractivity contribution in [2.24, 2.45) is 0 Å². The third-order valence-electron chi connectivity index (χ3n) is 4.71. The SMILES string of the molecule is CCc1ccc(NC(=O)CSc2ncnc3c2nnn3Cc2ccc(C)cc2)cc1. The monoisotopic (exact) mass is 418 g/mol. The third kappa shape index (κ3) is 4.65. The maximum absolute atomic E-state index is 12.3. The van der Waals surface area contributed by atoms with Crippen LogP contribution in [0.3, 0.4) is 0 Å². The Morgan fingerprint density at radius 3 is 2.50 bits per heavy atom. The van der Waals surface area contributed by atoms with Gasteiger partial charge in [0.05, 0.1) is 12.3 Å². The lowest BCUT2D eigenvalue weighted by Gasteiger charge is -2.06. The maximum atomic E-state index is 12.3. The first kappa shape index (κ1) is 20.0. The van der Waals surface area contributed by atoms with Crippen LogP contribution in [0.1, 0.15) is 23.6 Å². The van der Waals surface area contributed by atoms with Crippen molar-refractivity contribution in [2.75, 3.05) is 11.1 Å². The number of carbonyl (C=O) groups excluding carboxylic acids is 1. The van der Waals surface area contributed by atoms with E-state index in [0.29, 0.717) is 22.7 Å². The largest absolute Gasteiger partial charge is 0.325 e. The molecule has 0 aliphatic carbocycles. The van der Waals surface area contributed by atoms with Crippen molar-refractivity contribution >= 4 is 34.5 Å². The van der Waals surface area contributed by atoms with E-state index in [9.17, 15) is 4.79 Å². The van der Waals surface area contributed by atoms with E-state index in [1.165, 1.54) is 29.2 Å². The number of hydrogen-bond donors (Lipinski definition) is 1. The molecule has 0 radical (unpaired) electrons. The van der Waals surface area contributed by atoms with E-state index in [2.05, 4.69) is 63.7 Å². The van der Waals surface area contributed by atoms with Crippen molar-refractivity contribution in [1.29, 1.82) is 0 Å². The normalized spacial score (nSPS) is 11.0. The Balaban J connectivity index is 1.43. The number of aromatic nitrogens is 5. The van der Waals surface area contributed by atoms with Crippen molar-refractivity contribution in [2.45, 2.75) is 31.8 Å². The molecule has 4 rings (SSSR count). The van der Waals surface area contributed by atoms with Crippen molar-refractivity contribution in [3.8, 4) is 0 Å². The van der Waals surface area contributed by atoms with Crippen LogP contribution < -0.4 is 5.32 Å². The number of nitrogens with one attached hydrogen (secondary N) is 1. The summed E-state index contributed by atoms with van der Waals surface area (Å²) in [6.07, 6.45) is 2.46. The van der Waals surface area contributed by atoms with Crippen LogP contribution in [0.25, 0.3) is 11.2 Å². The van der Waals surface area contributed by atoms with Crippen LogP contribution in [0.5, 0.6) is 0 Å². The molecule has 30 heavy (non-hydrogen) atoms. The highest BCUT2D eigenvalue weighted by molar-refractivity contribution is 8.00. The van der Waals surface area contributed by atoms with Gasteiger partial charge in [-0.1, -0.05) is 65.9 Å². The Morgan fingerprint density at radius 1 is 1.03 bits per heavy atom. The highest BCUT2D eigenvalue weighted by Gasteiger charge is 2.14. The molecule has 8 heteroatoms. The maximum Gasteiger partial charge on any atom is 0.234 e. The highest BCUT2D eigenvalue weighted by atomic mass is 32.2. The minimum absolute atomic E-state index is 0.0944. The van der Waals surface area contributed by atoms with Gasteiger partial charge < -0.3 is 5.32 Å². The first-order chi connectivity index (χ1) is 14.6. The fourth-order valence-electron chi connectivity index (χ4n) is 3.00. The van der Waals surface area contributed by atoms with Gasteiger partial charge in [-0.25, -0.2) is 14.6 Å². The minimum atomic E-state index is -0.0944. The van der Waals surface area contributed by atoms with Gasteiger partial charge in [0.1, 0.15) is 11.4 Å². The van der Waals surface area contributed by atoms with Crippen LogP contribution in [0.15, 0.2) is 59.9 Å². The zero-order valence-electron chi connectivity index (χ0n) is 16.9. The van der Waals surface area contributed by atoms with Gasteiger partial charge in [0.15, 0.2) is 11.2 Å². The molecule has 0 saturated heterocycles. The van der Waals surface area contributed by atoms with Gasteiger partial charge in [-0.2, -0.15) is 0 Å². The van der Waals surface area contributed by atoms with E-state index >= 15 is 0 Å². The van der Waals surface area contributed by atoms with Crippen molar-refractivity contribution < 1.29 is 4.79 Å². The van der Waals surface area contributed by atoms with Gasteiger partial charge in [-0.15, -0.1) is 5.10 Å². The number of carbonyl (C=O) groups is 1. The second kappa shape index (κ2) is 9.04. The van der Waals surface area contributed by atoms with E-state index < -0.39 is 0 Å². The smallest absolute Gasteiger partial charge is 0.234 e. The fourth-order valence-corrected chi connectivity index (χ4v) is 3.74. The molecular weight excluding hydrogens is 396 g/mol. The summed E-state index contributed by atoms with van der Waals surface area (Å²) in [5, 5.41) is 12.0. The van der Waals surface area contributed by atoms with Gasteiger partial charge >= 0.3 is 0 Å². The average Bonchev–Trinajstić information content (AvgIpc) is 3.18. The first-order valence-electron chi connectivity index (χ1n) is 9.73. The molecule has 0 bridgehead atoms. The Morgan fingerprint density at radius 2 is 1.77 bits per heavy atom. The molecule has 0 fully saturated rings. The number of rotatable bonds is 7. The molecule has 7 nitrogen and oxygen atoms in total. The molecule has 0 atom stereocenters. The van der Waals surface area contributed by atoms with E-state index in [1.54, 1.807) is 4.68 Å². The van der Waals surface area contributed by atoms with Gasteiger partial charge in [-0.3, -0.25) is 4.79 Å². The second-order valence-corrected chi connectivity index (χ2v) is 7.94. The standard InChI is InChI=1S/C22H22N6OS/c1-3-16-8-10-18(11-9-16)25-19(29)13-30-22-20-21(23-14-24-22)28(27-26-20)12-17-6-4-15(2)5-7-17/h4-11,14H,3,12-13H2,1-2H3,(H,25,29). The summed E-state index contributed by atoms with van der Waals surface area (Å²) < 4.78 is 1.75. The number of anilines is 1. The van der Waals surface area contributed by atoms with Crippen LogP contribution in [-0.2, 0) is 17.8 Å². The Labute approximate surface area is 178 Å². The zero-order chi connectivity index (χ0) is 20.9. The quantitative estimate of drug-likeness (QED) is 0.362. The number of fused-ring (bicyclic) bond motifs is 1. The van der Waals surface area contributed by atoms with Gasteiger partial charge in [0.2, 0.25) is 5.91 Å². The summed E-state index contributed by atoms with van der Waals surface area (Å²) >= 11 is 1.33. The second-order valence-electron chi connectivity index (χ2n) is 6.97. The lowest BCUT2D eigenvalue weighted by molar-refractivity contribution is -0.113. The highest BCUT2D eigenvalue weighted by Crippen LogP contribution is 2.23. The molecule has 1 N–H and O–H groups in total. The molecule has 1 amide bonds. The molecule has 2 aromatic carbocycles. The van der Waals surface area contributed by atoms with Gasteiger partial charge in [0, 0.05) is 5.69 Å². The van der Waals surface area contributed by atoms with Gasteiger partial charge in [-0.05, 0) is 36.6 Å². The third-order valence-corrected chi connectivity index (χ3v) is 5.68. The lowest BCUT2D eigenvalue weighted by atomic mass is 10.1. The van der Waals surface area contributed by atoms with E-state index in [-0.39, 0.29) is 11.7 Å². The predicted octanol–water partition coefficient (Wildman–Crippen LogP) is 3.87. The molecule has 4 aromatic rings. The number of hydrogen-bond acceptors (Lipinski definition) is 6. The molecule has 0 aliphatic rings. The predicted molar refractivity (Wildman–Crippen MR) is 119 cm³/mol. The molecule has 0 unspecified atom stereocenters. The molecule has 0 aliphatic heterocycles. The van der Waals surface area contributed by atoms with Gasteiger partial charge in [0.25, 0.3) is 0 Å².